The molecule has 0 saturated carbocycles. The number of thiophene rings is 1. The molecule has 294 valence electrons. The van der Waals surface area contributed by atoms with Crippen LogP contribution in [0.4, 0.5) is 0 Å². The van der Waals surface area contributed by atoms with Gasteiger partial charge in [-0.3, -0.25) is 0 Å². The lowest BCUT2D eigenvalue weighted by Crippen LogP contribution is -1.95. The van der Waals surface area contributed by atoms with Gasteiger partial charge >= 0.3 is 0 Å². The predicted octanol–water partition coefficient (Wildman–Crippen LogP) is 16.9. The Bertz CT molecular complexity index is 3900. The van der Waals surface area contributed by atoms with E-state index in [4.69, 9.17) is 0 Å². The number of hydrogen-bond acceptors (Lipinski definition) is 1. The molecule has 0 bridgehead atoms. The lowest BCUT2D eigenvalue weighted by Gasteiger charge is -2.13. The van der Waals surface area contributed by atoms with Gasteiger partial charge in [0, 0.05) is 58.7 Å². The van der Waals surface area contributed by atoms with Crippen molar-refractivity contribution in [2.45, 2.75) is 0 Å². The van der Waals surface area contributed by atoms with Gasteiger partial charge in [0.1, 0.15) is 0 Å². The smallest absolute Gasteiger partial charge is 0.0541 e. The van der Waals surface area contributed by atoms with Crippen LogP contribution in [-0.4, -0.2) is 9.13 Å². The lowest BCUT2D eigenvalue weighted by atomic mass is 9.97. The molecule has 0 radical (unpaired) electrons. The summed E-state index contributed by atoms with van der Waals surface area (Å²) in [5.74, 6) is 0. The number of hydrogen-bond donors (Lipinski definition) is 0. The molecule has 0 aliphatic rings. The third-order valence-electron chi connectivity index (χ3n) is 12.9. The highest BCUT2D eigenvalue weighted by Gasteiger charge is 2.19. The SMILES string of the molecule is c1ccc(-c2cccc(-c3cc(-n4c5ccccc5c5cc(-c6ccc7c(c6)c6ccccc6n7-c6cccc(-c7ccccc7)c6)ccc54)cc4c3sc3ccccc34)c2)cc1. The van der Waals surface area contributed by atoms with Crippen LogP contribution in [0.25, 0.3) is 120 Å². The highest BCUT2D eigenvalue weighted by molar-refractivity contribution is 7.26. The second-order valence-corrected chi connectivity index (χ2v) is 17.6. The summed E-state index contributed by atoms with van der Waals surface area (Å²) < 4.78 is 7.51. The molecule has 0 aliphatic carbocycles. The van der Waals surface area contributed by atoms with Crippen LogP contribution in [0.3, 0.4) is 0 Å². The molecule has 0 unspecified atom stereocenters. The van der Waals surface area contributed by atoms with Crippen molar-refractivity contribution in [3.63, 3.8) is 0 Å². The Morgan fingerprint density at radius 3 is 1.38 bits per heavy atom. The summed E-state index contributed by atoms with van der Waals surface area (Å²) in [6, 6.07) is 84.7. The molecular weight excluding hydrogens is 781 g/mol. The van der Waals surface area contributed by atoms with Crippen molar-refractivity contribution < 1.29 is 0 Å². The van der Waals surface area contributed by atoms with Gasteiger partial charge in [0.15, 0.2) is 0 Å². The maximum Gasteiger partial charge on any atom is 0.0541 e. The average Bonchev–Trinajstić information content (AvgIpc) is 4.02. The second kappa shape index (κ2) is 14.3. The van der Waals surface area contributed by atoms with Crippen molar-refractivity contribution in [2.24, 2.45) is 0 Å². The number of benzene rings is 10. The highest BCUT2D eigenvalue weighted by atomic mass is 32.1. The predicted molar refractivity (Wildman–Crippen MR) is 270 cm³/mol. The van der Waals surface area contributed by atoms with Crippen molar-refractivity contribution >= 4 is 75.1 Å². The van der Waals surface area contributed by atoms with Crippen LogP contribution in [-0.2, 0) is 0 Å². The van der Waals surface area contributed by atoms with Crippen LogP contribution >= 0.6 is 11.3 Å². The topological polar surface area (TPSA) is 9.86 Å². The first-order valence-electron chi connectivity index (χ1n) is 21.6. The van der Waals surface area contributed by atoms with Crippen molar-refractivity contribution in [3.8, 4) is 55.9 Å². The molecule has 0 amide bonds. The summed E-state index contributed by atoms with van der Waals surface area (Å²) in [6.45, 7) is 0. The molecule has 0 saturated heterocycles. The van der Waals surface area contributed by atoms with Gasteiger partial charge in [-0.05, 0) is 112 Å². The van der Waals surface area contributed by atoms with Crippen LogP contribution < -0.4 is 0 Å². The molecule has 3 heteroatoms. The Morgan fingerprint density at radius 2 is 0.730 bits per heavy atom. The molecule has 13 aromatic rings. The molecule has 13 rings (SSSR count). The first-order chi connectivity index (χ1) is 31.2. The number of fused-ring (bicyclic) bond motifs is 9. The second-order valence-electron chi connectivity index (χ2n) is 16.5. The minimum atomic E-state index is 1.16. The zero-order valence-electron chi connectivity index (χ0n) is 34.2. The van der Waals surface area contributed by atoms with Gasteiger partial charge in [-0.15, -0.1) is 11.3 Å². The van der Waals surface area contributed by atoms with Crippen molar-refractivity contribution in [1.82, 2.24) is 9.13 Å². The van der Waals surface area contributed by atoms with Crippen LogP contribution in [0.15, 0.2) is 231 Å². The van der Waals surface area contributed by atoms with Gasteiger partial charge in [-0.25, -0.2) is 0 Å². The fourth-order valence-corrected chi connectivity index (χ4v) is 11.2. The molecular formula is C60H38N2S. The minimum Gasteiger partial charge on any atom is -0.309 e. The maximum atomic E-state index is 2.48. The van der Waals surface area contributed by atoms with E-state index in [1.807, 2.05) is 11.3 Å². The zero-order valence-corrected chi connectivity index (χ0v) is 35.1. The van der Waals surface area contributed by atoms with Gasteiger partial charge in [-0.1, -0.05) is 158 Å². The normalized spacial score (nSPS) is 11.8. The summed E-state index contributed by atoms with van der Waals surface area (Å²) in [6.07, 6.45) is 0. The van der Waals surface area contributed by atoms with Crippen LogP contribution in [0.5, 0.6) is 0 Å². The zero-order chi connectivity index (χ0) is 41.4. The molecule has 3 aromatic heterocycles. The Hall–Kier alpha value is -7.98. The van der Waals surface area contributed by atoms with E-state index in [0.29, 0.717) is 0 Å². The molecule has 2 nitrogen and oxygen atoms in total. The summed E-state index contributed by atoms with van der Waals surface area (Å²) >= 11 is 1.89. The molecule has 63 heavy (non-hydrogen) atoms. The standard InChI is InChI=1S/C60H38N2S/c1-3-15-39(16-4-1)41-19-13-21-45(33-41)51-37-47(38-54-50-25-9-12-28-59(50)63-60(51)54)62-56-27-11-8-24-49(56)53-36-44(30-32-58(53)62)43-29-31-57-52(35-43)48-23-7-10-26-55(48)61(57)46-22-14-20-42(34-46)40-17-5-2-6-18-40/h1-38H. The maximum absolute atomic E-state index is 2.48. The molecule has 10 aromatic carbocycles. The third kappa shape index (κ3) is 5.78. The number of rotatable bonds is 6. The summed E-state index contributed by atoms with van der Waals surface area (Å²) in [5.41, 5.74) is 16.9. The molecule has 0 atom stereocenters. The van der Waals surface area contributed by atoms with E-state index < -0.39 is 0 Å². The summed E-state index contributed by atoms with van der Waals surface area (Å²) in [4.78, 5) is 0. The van der Waals surface area contributed by atoms with Crippen molar-refractivity contribution in [3.05, 3.63) is 231 Å². The van der Waals surface area contributed by atoms with Crippen LogP contribution in [0, 0.1) is 0 Å². The minimum absolute atomic E-state index is 1.16. The first-order valence-corrected chi connectivity index (χ1v) is 22.4. The van der Waals surface area contributed by atoms with Gasteiger partial charge < -0.3 is 9.13 Å². The number of aromatic nitrogens is 2. The average molecular weight is 819 g/mol. The van der Waals surface area contributed by atoms with Gasteiger partial charge in [-0.2, -0.15) is 0 Å². The number of nitrogens with zero attached hydrogens (tertiary/aromatic N) is 2. The fourth-order valence-electron chi connectivity index (χ4n) is 9.97. The quantitative estimate of drug-likeness (QED) is 0.158. The van der Waals surface area contributed by atoms with E-state index in [1.165, 1.54) is 108 Å². The van der Waals surface area contributed by atoms with Crippen LogP contribution in [0.2, 0.25) is 0 Å². The highest BCUT2D eigenvalue weighted by Crippen LogP contribution is 2.45. The molecule has 3 heterocycles. The Balaban J connectivity index is 0.980. The Labute approximate surface area is 368 Å². The summed E-state index contributed by atoms with van der Waals surface area (Å²) in [5, 5.41) is 7.56. The molecule has 0 fully saturated rings. The number of para-hydroxylation sites is 2. The molecule has 0 N–H and O–H groups in total. The van der Waals surface area contributed by atoms with Crippen LogP contribution in [0.1, 0.15) is 0 Å². The first kappa shape index (κ1) is 35.7. The third-order valence-corrected chi connectivity index (χ3v) is 14.1. The largest absolute Gasteiger partial charge is 0.309 e. The Kier molecular flexibility index (Phi) is 8.12. The van der Waals surface area contributed by atoms with E-state index in [1.54, 1.807) is 0 Å². The molecule has 0 spiro atoms. The van der Waals surface area contributed by atoms with E-state index in [0.717, 1.165) is 11.4 Å². The van der Waals surface area contributed by atoms with E-state index in [2.05, 4.69) is 240 Å². The van der Waals surface area contributed by atoms with E-state index >= 15 is 0 Å². The lowest BCUT2D eigenvalue weighted by molar-refractivity contribution is 1.18. The van der Waals surface area contributed by atoms with Crippen molar-refractivity contribution in [1.29, 1.82) is 0 Å². The van der Waals surface area contributed by atoms with E-state index in [9.17, 15) is 0 Å². The fraction of sp³-hybridized carbons (Fsp3) is 0. The summed E-state index contributed by atoms with van der Waals surface area (Å²) in [7, 11) is 0. The van der Waals surface area contributed by atoms with E-state index in [-0.39, 0.29) is 0 Å². The van der Waals surface area contributed by atoms with Gasteiger partial charge in [0.2, 0.25) is 0 Å². The van der Waals surface area contributed by atoms with Crippen molar-refractivity contribution in [2.75, 3.05) is 0 Å². The molecule has 0 aliphatic heterocycles. The van der Waals surface area contributed by atoms with Gasteiger partial charge in [0.05, 0.1) is 22.1 Å². The Morgan fingerprint density at radius 1 is 0.254 bits per heavy atom. The van der Waals surface area contributed by atoms with Gasteiger partial charge in [0.25, 0.3) is 0 Å². The monoisotopic (exact) mass is 818 g/mol.